The first-order valence-corrected chi connectivity index (χ1v) is 10.3. The first kappa shape index (κ1) is 18.3. The third-order valence-electron chi connectivity index (χ3n) is 4.98. The SMILES string of the molecule is COc1ccc(S(=O)(=O)N2CCc3oc(C4CCOC4)nc3C2)cc1OC. The highest BCUT2D eigenvalue weighted by molar-refractivity contribution is 7.89. The molecule has 3 heterocycles. The minimum Gasteiger partial charge on any atom is -0.493 e. The molecule has 2 aliphatic rings. The van der Waals surface area contributed by atoms with E-state index in [1.165, 1.54) is 30.7 Å². The number of sulfonamides is 1. The molecule has 0 N–H and O–H groups in total. The molecule has 1 unspecified atom stereocenters. The van der Waals surface area contributed by atoms with Crippen LogP contribution in [0.15, 0.2) is 27.5 Å². The molecule has 146 valence electrons. The fraction of sp³-hybridized carbons (Fsp3) is 0.500. The molecule has 27 heavy (non-hydrogen) atoms. The number of rotatable bonds is 5. The lowest BCUT2D eigenvalue weighted by atomic mass is 10.1. The monoisotopic (exact) mass is 394 g/mol. The number of fused-ring (bicyclic) bond motifs is 1. The molecule has 1 fully saturated rings. The van der Waals surface area contributed by atoms with Gasteiger partial charge in [-0.15, -0.1) is 0 Å². The van der Waals surface area contributed by atoms with Gasteiger partial charge in [0, 0.05) is 25.6 Å². The second-order valence-electron chi connectivity index (χ2n) is 6.59. The maximum Gasteiger partial charge on any atom is 0.243 e. The predicted molar refractivity (Wildman–Crippen MR) is 95.5 cm³/mol. The molecule has 0 aliphatic carbocycles. The Morgan fingerprint density at radius 1 is 1.22 bits per heavy atom. The van der Waals surface area contributed by atoms with Gasteiger partial charge in [-0.1, -0.05) is 0 Å². The molecule has 0 amide bonds. The third-order valence-corrected chi connectivity index (χ3v) is 6.82. The van der Waals surface area contributed by atoms with Gasteiger partial charge in [0.1, 0.15) is 5.76 Å². The average Bonchev–Trinajstić information content (AvgIpc) is 3.35. The van der Waals surface area contributed by atoms with Gasteiger partial charge in [-0.05, 0) is 18.6 Å². The fourth-order valence-corrected chi connectivity index (χ4v) is 4.85. The third kappa shape index (κ3) is 3.30. The maximum atomic E-state index is 13.1. The van der Waals surface area contributed by atoms with E-state index in [1.54, 1.807) is 6.07 Å². The fourth-order valence-electron chi connectivity index (χ4n) is 3.43. The molecule has 1 saturated heterocycles. The van der Waals surface area contributed by atoms with E-state index in [9.17, 15) is 8.42 Å². The molecular weight excluding hydrogens is 372 g/mol. The number of nitrogens with zero attached hydrogens (tertiary/aromatic N) is 2. The van der Waals surface area contributed by atoms with E-state index in [1.807, 2.05) is 0 Å². The summed E-state index contributed by atoms with van der Waals surface area (Å²) in [6, 6.07) is 4.60. The van der Waals surface area contributed by atoms with Crippen LogP contribution >= 0.6 is 0 Å². The number of ether oxygens (including phenoxy) is 3. The van der Waals surface area contributed by atoms with Gasteiger partial charge in [0.15, 0.2) is 17.4 Å². The summed E-state index contributed by atoms with van der Waals surface area (Å²) in [4.78, 5) is 4.72. The molecule has 2 aliphatic heterocycles. The highest BCUT2D eigenvalue weighted by atomic mass is 32.2. The molecule has 8 nitrogen and oxygen atoms in total. The zero-order chi connectivity index (χ0) is 19.0. The van der Waals surface area contributed by atoms with Gasteiger partial charge >= 0.3 is 0 Å². The number of methoxy groups -OCH3 is 2. The lowest BCUT2D eigenvalue weighted by Crippen LogP contribution is -2.35. The van der Waals surface area contributed by atoms with Crippen LogP contribution in [0, 0.1) is 0 Å². The minimum absolute atomic E-state index is 0.159. The quantitative estimate of drug-likeness (QED) is 0.765. The van der Waals surface area contributed by atoms with E-state index in [0.29, 0.717) is 49.3 Å². The van der Waals surface area contributed by atoms with Crippen molar-refractivity contribution in [2.24, 2.45) is 0 Å². The molecule has 4 rings (SSSR count). The number of benzene rings is 1. The van der Waals surface area contributed by atoms with Crippen molar-refractivity contribution < 1.29 is 27.0 Å². The summed E-state index contributed by atoms with van der Waals surface area (Å²) in [5.74, 6) is 2.45. The van der Waals surface area contributed by atoms with Crippen molar-refractivity contribution in [3.05, 3.63) is 35.5 Å². The summed E-state index contributed by atoms with van der Waals surface area (Å²) < 4.78 is 49.3. The lowest BCUT2D eigenvalue weighted by Gasteiger charge is -2.25. The first-order chi connectivity index (χ1) is 13.0. The Labute approximate surface area is 158 Å². The van der Waals surface area contributed by atoms with Crippen molar-refractivity contribution in [1.82, 2.24) is 9.29 Å². The number of hydrogen-bond acceptors (Lipinski definition) is 7. The van der Waals surface area contributed by atoms with Gasteiger partial charge in [-0.3, -0.25) is 0 Å². The lowest BCUT2D eigenvalue weighted by molar-refractivity contribution is 0.190. The largest absolute Gasteiger partial charge is 0.493 e. The molecule has 0 radical (unpaired) electrons. The van der Waals surface area contributed by atoms with Crippen LogP contribution in [0.4, 0.5) is 0 Å². The number of aromatic nitrogens is 1. The zero-order valence-electron chi connectivity index (χ0n) is 15.3. The van der Waals surface area contributed by atoms with E-state index in [4.69, 9.17) is 18.6 Å². The minimum atomic E-state index is -3.68. The van der Waals surface area contributed by atoms with Gasteiger partial charge in [-0.25, -0.2) is 13.4 Å². The van der Waals surface area contributed by atoms with Crippen molar-refractivity contribution in [2.75, 3.05) is 34.0 Å². The molecule has 1 aromatic heterocycles. The molecule has 2 aromatic rings. The Balaban J connectivity index is 1.59. The van der Waals surface area contributed by atoms with Crippen molar-refractivity contribution in [3.63, 3.8) is 0 Å². The number of oxazole rings is 1. The Bertz CT molecular complexity index is 933. The van der Waals surface area contributed by atoms with Crippen molar-refractivity contribution in [1.29, 1.82) is 0 Å². The van der Waals surface area contributed by atoms with Gasteiger partial charge < -0.3 is 18.6 Å². The summed E-state index contributed by atoms with van der Waals surface area (Å²) in [7, 11) is -0.694. The van der Waals surface area contributed by atoms with Crippen LogP contribution in [0.3, 0.4) is 0 Å². The smallest absolute Gasteiger partial charge is 0.243 e. The Morgan fingerprint density at radius 3 is 2.74 bits per heavy atom. The Hall–Kier alpha value is -2.10. The second-order valence-corrected chi connectivity index (χ2v) is 8.53. The van der Waals surface area contributed by atoms with E-state index in [0.717, 1.165) is 12.2 Å². The predicted octanol–water partition coefficient (Wildman–Crippen LogP) is 1.94. The van der Waals surface area contributed by atoms with E-state index in [2.05, 4.69) is 4.98 Å². The molecule has 0 saturated carbocycles. The topological polar surface area (TPSA) is 91.1 Å². The Morgan fingerprint density at radius 2 is 2.04 bits per heavy atom. The normalized spacial score (nSPS) is 20.4. The van der Waals surface area contributed by atoms with Crippen molar-refractivity contribution >= 4 is 10.0 Å². The molecular formula is C18H22N2O6S. The molecule has 1 aromatic carbocycles. The van der Waals surface area contributed by atoms with Crippen LogP contribution in [0.25, 0.3) is 0 Å². The van der Waals surface area contributed by atoms with E-state index < -0.39 is 10.0 Å². The molecule has 1 atom stereocenters. The van der Waals surface area contributed by atoms with Gasteiger partial charge in [-0.2, -0.15) is 4.31 Å². The average molecular weight is 394 g/mol. The molecule has 0 spiro atoms. The standard InChI is InChI=1S/C18H22N2O6S/c1-23-16-4-3-13(9-17(16)24-2)27(21,22)20-7-5-15-14(10-20)19-18(26-15)12-6-8-25-11-12/h3-4,9,12H,5-8,10-11H2,1-2H3. The van der Waals surface area contributed by atoms with Crippen LogP contribution in [-0.4, -0.2) is 51.7 Å². The second kappa shape index (κ2) is 7.14. The van der Waals surface area contributed by atoms with Gasteiger partial charge in [0.05, 0.1) is 43.9 Å². The van der Waals surface area contributed by atoms with Crippen LogP contribution in [0.1, 0.15) is 29.7 Å². The number of hydrogen-bond donors (Lipinski definition) is 0. The van der Waals surface area contributed by atoms with Crippen LogP contribution in [-0.2, 0) is 27.7 Å². The first-order valence-electron chi connectivity index (χ1n) is 8.81. The van der Waals surface area contributed by atoms with Gasteiger partial charge in [0.2, 0.25) is 10.0 Å². The molecule has 9 heteroatoms. The van der Waals surface area contributed by atoms with Crippen LogP contribution in [0.2, 0.25) is 0 Å². The Kier molecular flexibility index (Phi) is 4.83. The van der Waals surface area contributed by atoms with Crippen molar-refractivity contribution in [2.45, 2.75) is 30.2 Å². The van der Waals surface area contributed by atoms with Crippen LogP contribution in [0.5, 0.6) is 11.5 Å². The van der Waals surface area contributed by atoms with E-state index in [-0.39, 0.29) is 17.4 Å². The summed E-state index contributed by atoms with van der Waals surface area (Å²) in [6.07, 6.45) is 1.38. The van der Waals surface area contributed by atoms with Crippen LogP contribution < -0.4 is 9.47 Å². The summed E-state index contributed by atoms with van der Waals surface area (Å²) in [6.45, 7) is 1.85. The zero-order valence-corrected chi connectivity index (χ0v) is 16.1. The highest BCUT2D eigenvalue weighted by Crippen LogP contribution is 2.33. The van der Waals surface area contributed by atoms with Crippen molar-refractivity contribution in [3.8, 4) is 11.5 Å². The van der Waals surface area contributed by atoms with E-state index >= 15 is 0 Å². The maximum absolute atomic E-state index is 13.1. The van der Waals surface area contributed by atoms with Gasteiger partial charge in [0.25, 0.3) is 0 Å². The highest BCUT2D eigenvalue weighted by Gasteiger charge is 2.33. The summed E-state index contributed by atoms with van der Waals surface area (Å²) in [5, 5.41) is 0. The summed E-state index contributed by atoms with van der Waals surface area (Å²) in [5.41, 5.74) is 0.687. The molecule has 0 bridgehead atoms. The summed E-state index contributed by atoms with van der Waals surface area (Å²) >= 11 is 0.